The lowest BCUT2D eigenvalue weighted by molar-refractivity contribution is 0.0525. The van der Waals surface area contributed by atoms with Gasteiger partial charge in [-0.05, 0) is 47.5 Å². The number of halogens is 1. The Hall–Kier alpha value is -1.03. The molecule has 0 radical (unpaired) electrons. The Morgan fingerprint density at radius 2 is 2.21 bits per heavy atom. The van der Waals surface area contributed by atoms with Crippen LogP contribution in [0.15, 0.2) is 16.6 Å². The third-order valence-corrected chi connectivity index (χ3v) is 2.53. The highest BCUT2D eigenvalue weighted by Crippen LogP contribution is 2.24. The van der Waals surface area contributed by atoms with Gasteiger partial charge in [0.15, 0.2) is 0 Å². The van der Waals surface area contributed by atoms with Gasteiger partial charge in [-0.3, -0.25) is 0 Å². The minimum Gasteiger partial charge on any atom is -0.462 e. The van der Waals surface area contributed by atoms with Gasteiger partial charge < -0.3 is 10.5 Å². The largest absolute Gasteiger partial charge is 0.462 e. The quantitative estimate of drug-likeness (QED) is 0.655. The molecule has 1 aromatic rings. The molecule has 2 N–H and O–H groups in total. The third-order valence-electron chi connectivity index (χ3n) is 1.84. The topological polar surface area (TPSA) is 52.3 Å². The first kappa shape index (κ1) is 11.0. The molecule has 0 aromatic heterocycles. The Balaban J connectivity index is 3.09. The molecular weight excluding hydrogens is 246 g/mol. The van der Waals surface area contributed by atoms with Crippen LogP contribution in [0.25, 0.3) is 0 Å². The van der Waals surface area contributed by atoms with E-state index < -0.39 is 0 Å². The fraction of sp³-hybridized carbons (Fsp3) is 0.300. The third kappa shape index (κ3) is 2.26. The number of hydrogen-bond acceptors (Lipinski definition) is 3. The first-order valence-corrected chi connectivity index (χ1v) is 5.08. The molecule has 0 unspecified atom stereocenters. The highest BCUT2D eigenvalue weighted by Gasteiger charge is 2.11. The van der Waals surface area contributed by atoms with E-state index in [1.165, 1.54) is 0 Å². The van der Waals surface area contributed by atoms with Crippen molar-refractivity contribution in [3.63, 3.8) is 0 Å². The van der Waals surface area contributed by atoms with Crippen molar-refractivity contribution in [1.82, 2.24) is 0 Å². The van der Waals surface area contributed by atoms with Crippen LogP contribution in [0.3, 0.4) is 0 Å². The van der Waals surface area contributed by atoms with E-state index in [0.29, 0.717) is 17.9 Å². The monoisotopic (exact) mass is 257 g/mol. The molecule has 76 valence electrons. The zero-order chi connectivity index (χ0) is 10.7. The predicted octanol–water partition coefficient (Wildman–Crippen LogP) is 2.52. The molecule has 0 heterocycles. The Bertz CT molecular complexity index is 363. The zero-order valence-corrected chi connectivity index (χ0v) is 9.72. The summed E-state index contributed by atoms with van der Waals surface area (Å²) < 4.78 is 5.69. The van der Waals surface area contributed by atoms with E-state index in [9.17, 15) is 4.79 Å². The molecule has 0 aliphatic heterocycles. The molecule has 0 amide bonds. The van der Waals surface area contributed by atoms with Crippen molar-refractivity contribution in [2.75, 3.05) is 12.3 Å². The second-order valence-corrected chi connectivity index (χ2v) is 3.76. The lowest BCUT2D eigenvalue weighted by Gasteiger charge is -2.07. The number of carbonyl (C=O) groups is 1. The van der Waals surface area contributed by atoms with E-state index in [2.05, 4.69) is 15.9 Å². The fourth-order valence-electron chi connectivity index (χ4n) is 1.12. The molecule has 0 aliphatic rings. The predicted molar refractivity (Wildman–Crippen MR) is 59.2 cm³/mol. The van der Waals surface area contributed by atoms with Crippen molar-refractivity contribution in [3.8, 4) is 0 Å². The van der Waals surface area contributed by atoms with Crippen molar-refractivity contribution in [3.05, 3.63) is 27.7 Å². The lowest BCUT2D eigenvalue weighted by Crippen LogP contribution is -2.07. The molecule has 4 heteroatoms. The Labute approximate surface area is 91.4 Å². The number of nitrogen functional groups attached to an aromatic ring is 1. The standard InChI is InChI=1S/C10H12BrNO2/c1-3-14-10(13)7-5-9(12)8(11)4-6(7)2/h4-5H,3,12H2,1-2H3. The molecule has 1 rings (SSSR count). The number of esters is 1. The fourth-order valence-corrected chi connectivity index (χ4v) is 1.58. The van der Waals surface area contributed by atoms with E-state index in [1.54, 1.807) is 13.0 Å². The van der Waals surface area contributed by atoms with Crippen LogP contribution < -0.4 is 5.73 Å². The van der Waals surface area contributed by atoms with Crippen molar-refractivity contribution in [2.45, 2.75) is 13.8 Å². The molecule has 0 saturated carbocycles. The smallest absolute Gasteiger partial charge is 0.338 e. The molecule has 3 nitrogen and oxygen atoms in total. The van der Waals surface area contributed by atoms with Gasteiger partial charge in [-0.15, -0.1) is 0 Å². The second-order valence-electron chi connectivity index (χ2n) is 2.91. The van der Waals surface area contributed by atoms with Gasteiger partial charge in [0.25, 0.3) is 0 Å². The number of aryl methyl sites for hydroxylation is 1. The van der Waals surface area contributed by atoms with E-state index in [1.807, 2.05) is 13.0 Å². The molecular formula is C10H12BrNO2. The highest BCUT2D eigenvalue weighted by atomic mass is 79.9. The summed E-state index contributed by atoms with van der Waals surface area (Å²) in [6, 6.07) is 3.43. The number of benzene rings is 1. The number of nitrogens with two attached hydrogens (primary N) is 1. The van der Waals surface area contributed by atoms with Gasteiger partial charge in [0.1, 0.15) is 0 Å². The van der Waals surface area contributed by atoms with Crippen molar-refractivity contribution >= 4 is 27.6 Å². The van der Waals surface area contributed by atoms with Gasteiger partial charge >= 0.3 is 5.97 Å². The van der Waals surface area contributed by atoms with Gasteiger partial charge in [0.05, 0.1) is 12.2 Å². The van der Waals surface area contributed by atoms with Gasteiger partial charge in [0, 0.05) is 10.2 Å². The van der Waals surface area contributed by atoms with Crippen LogP contribution in [0.1, 0.15) is 22.8 Å². The number of ether oxygens (including phenoxy) is 1. The SMILES string of the molecule is CCOC(=O)c1cc(N)c(Br)cc1C. The van der Waals surface area contributed by atoms with Crippen LogP contribution >= 0.6 is 15.9 Å². The molecule has 0 atom stereocenters. The molecule has 14 heavy (non-hydrogen) atoms. The minimum atomic E-state index is -0.329. The molecule has 0 bridgehead atoms. The van der Waals surface area contributed by atoms with Crippen LogP contribution in [0, 0.1) is 6.92 Å². The number of hydrogen-bond donors (Lipinski definition) is 1. The van der Waals surface area contributed by atoms with Crippen LogP contribution in [0.4, 0.5) is 5.69 Å². The van der Waals surface area contributed by atoms with E-state index >= 15 is 0 Å². The normalized spacial score (nSPS) is 9.93. The van der Waals surface area contributed by atoms with Crippen molar-refractivity contribution in [1.29, 1.82) is 0 Å². The molecule has 1 aromatic carbocycles. The van der Waals surface area contributed by atoms with Crippen LogP contribution in [0.2, 0.25) is 0 Å². The van der Waals surface area contributed by atoms with Gasteiger partial charge in [-0.1, -0.05) is 0 Å². The first-order chi connectivity index (χ1) is 6.56. The van der Waals surface area contributed by atoms with E-state index in [4.69, 9.17) is 10.5 Å². The van der Waals surface area contributed by atoms with E-state index in [0.717, 1.165) is 10.0 Å². The van der Waals surface area contributed by atoms with Crippen LogP contribution in [-0.4, -0.2) is 12.6 Å². The average molecular weight is 258 g/mol. The average Bonchev–Trinajstić information content (AvgIpc) is 2.11. The minimum absolute atomic E-state index is 0.329. The van der Waals surface area contributed by atoms with Crippen LogP contribution in [-0.2, 0) is 4.74 Å². The molecule has 0 fully saturated rings. The summed E-state index contributed by atoms with van der Waals surface area (Å²) in [6.45, 7) is 3.99. The van der Waals surface area contributed by atoms with Crippen molar-refractivity contribution in [2.24, 2.45) is 0 Å². The molecule has 0 aliphatic carbocycles. The maximum absolute atomic E-state index is 11.4. The first-order valence-electron chi connectivity index (χ1n) is 4.29. The van der Waals surface area contributed by atoms with Crippen LogP contribution in [0.5, 0.6) is 0 Å². The number of anilines is 1. The summed E-state index contributed by atoms with van der Waals surface area (Å²) in [5.74, 6) is -0.329. The zero-order valence-electron chi connectivity index (χ0n) is 8.13. The highest BCUT2D eigenvalue weighted by molar-refractivity contribution is 9.10. The molecule has 0 spiro atoms. The molecule has 0 saturated heterocycles. The summed E-state index contributed by atoms with van der Waals surface area (Å²) in [5.41, 5.74) is 7.58. The summed E-state index contributed by atoms with van der Waals surface area (Å²) in [5, 5.41) is 0. The van der Waals surface area contributed by atoms with Gasteiger partial charge in [-0.25, -0.2) is 4.79 Å². The number of carbonyl (C=O) groups excluding carboxylic acids is 1. The maximum Gasteiger partial charge on any atom is 0.338 e. The second kappa shape index (κ2) is 4.46. The van der Waals surface area contributed by atoms with Gasteiger partial charge in [0.2, 0.25) is 0 Å². The summed E-state index contributed by atoms with van der Waals surface area (Å²) in [6.07, 6.45) is 0. The Morgan fingerprint density at radius 1 is 1.57 bits per heavy atom. The Morgan fingerprint density at radius 3 is 2.79 bits per heavy atom. The van der Waals surface area contributed by atoms with Crippen molar-refractivity contribution < 1.29 is 9.53 Å². The lowest BCUT2D eigenvalue weighted by atomic mass is 10.1. The van der Waals surface area contributed by atoms with Gasteiger partial charge in [-0.2, -0.15) is 0 Å². The maximum atomic E-state index is 11.4. The summed E-state index contributed by atoms with van der Waals surface area (Å²) in [4.78, 5) is 11.4. The van der Waals surface area contributed by atoms with E-state index in [-0.39, 0.29) is 5.97 Å². The summed E-state index contributed by atoms with van der Waals surface area (Å²) >= 11 is 3.29. The number of rotatable bonds is 2. The summed E-state index contributed by atoms with van der Waals surface area (Å²) in [7, 11) is 0. The Kier molecular flexibility index (Phi) is 3.52.